The predicted octanol–water partition coefficient (Wildman–Crippen LogP) is 3.13. The topological polar surface area (TPSA) is 49.4 Å². The number of carbonyl (C=O) groups excluding carboxylic acids is 1. The van der Waals surface area contributed by atoms with Crippen molar-refractivity contribution >= 4 is 5.97 Å². The van der Waals surface area contributed by atoms with E-state index in [0.29, 0.717) is 17.7 Å². The van der Waals surface area contributed by atoms with Crippen LogP contribution in [0.2, 0.25) is 0 Å². The molecule has 0 amide bonds. The van der Waals surface area contributed by atoms with Gasteiger partial charge in [0.1, 0.15) is 5.75 Å². The van der Waals surface area contributed by atoms with Crippen LogP contribution in [-0.4, -0.2) is 12.6 Å². The maximum absolute atomic E-state index is 12.6. The Bertz CT molecular complexity index is 676. The van der Waals surface area contributed by atoms with Crippen molar-refractivity contribution in [2.45, 2.75) is 13.1 Å². The zero-order chi connectivity index (χ0) is 16.3. The number of hydrogen-bond acceptors (Lipinski definition) is 3. The number of alkyl halides is 3. The molecule has 0 spiro atoms. The average molecular weight is 309 g/mol. The van der Waals surface area contributed by atoms with Crippen LogP contribution >= 0.6 is 0 Å². The molecule has 0 aliphatic rings. The quantitative estimate of drug-likeness (QED) is 0.872. The number of hydrogen-bond donors (Lipinski definition) is 0. The van der Waals surface area contributed by atoms with Gasteiger partial charge in [0.2, 0.25) is 0 Å². The molecule has 0 fully saturated rings. The molecule has 0 atom stereocenters. The lowest BCUT2D eigenvalue weighted by atomic mass is 10.0. The van der Waals surface area contributed by atoms with Crippen LogP contribution in [-0.2, 0) is 6.18 Å². The minimum Gasteiger partial charge on any atom is -0.545 e. The number of halogens is 3. The van der Waals surface area contributed by atoms with Crippen LogP contribution in [0.1, 0.15) is 22.8 Å². The molecule has 0 aromatic heterocycles. The summed E-state index contributed by atoms with van der Waals surface area (Å²) in [5.41, 5.74) is 0.210. The maximum atomic E-state index is 12.6. The van der Waals surface area contributed by atoms with Gasteiger partial charge in [0.15, 0.2) is 0 Å². The van der Waals surface area contributed by atoms with E-state index >= 15 is 0 Å². The lowest BCUT2D eigenvalue weighted by Gasteiger charge is -2.14. The molecule has 0 aliphatic carbocycles. The Labute approximate surface area is 125 Å². The van der Waals surface area contributed by atoms with E-state index in [1.54, 1.807) is 6.92 Å². The molecule has 0 heterocycles. The van der Waals surface area contributed by atoms with Crippen molar-refractivity contribution in [2.75, 3.05) is 6.61 Å². The second-order valence-corrected chi connectivity index (χ2v) is 4.51. The van der Waals surface area contributed by atoms with Crippen molar-refractivity contribution in [1.29, 1.82) is 0 Å². The first kappa shape index (κ1) is 15.9. The molecular formula is C16H12F3O3-. The van der Waals surface area contributed by atoms with Gasteiger partial charge >= 0.3 is 6.18 Å². The van der Waals surface area contributed by atoms with Crippen LogP contribution in [0.15, 0.2) is 42.5 Å². The third kappa shape index (κ3) is 3.39. The first-order valence-electron chi connectivity index (χ1n) is 6.48. The smallest absolute Gasteiger partial charge is 0.416 e. The van der Waals surface area contributed by atoms with E-state index in [-0.39, 0.29) is 11.3 Å². The number of carboxylic acids is 1. The van der Waals surface area contributed by atoms with Crippen molar-refractivity contribution in [3.63, 3.8) is 0 Å². The highest BCUT2D eigenvalue weighted by molar-refractivity contribution is 5.88. The van der Waals surface area contributed by atoms with Crippen molar-refractivity contribution in [2.24, 2.45) is 0 Å². The summed E-state index contributed by atoms with van der Waals surface area (Å²) in [6.07, 6.45) is -4.40. The standard InChI is InChI=1S/C16H13F3O3/c1-2-22-14-9-11(15(20)21)5-8-13(14)10-3-6-12(7-4-10)16(17,18)19/h3-9H,2H2,1H3,(H,20,21)/p-1. The molecule has 2 aromatic carbocycles. The Balaban J connectivity index is 2.45. The predicted molar refractivity (Wildman–Crippen MR) is 72.4 cm³/mol. The fourth-order valence-electron chi connectivity index (χ4n) is 2.00. The number of rotatable bonds is 4. The SMILES string of the molecule is CCOc1cc(C(=O)[O-])ccc1-c1ccc(C(F)(F)F)cc1. The third-order valence-corrected chi connectivity index (χ3v) is 3.04. The molecule has 22 heavy (non-hydrogen) atoms. The molecule has 0 unspecified atom stereocenters. The Hall–Kier alpha value is -2.50. The molecule has 2 aromatic rings. The van der Waals surface area contributed by atoms with Gasteiger partial charge in [-0.15, -0.1) is 0 Å². The number of carbonyl (C=O) groups is 1. The van der Waals surface area contributed by atoms with E-state index in [1.807, 2.05) is 0 Å². The summed E-state index contributed by atoms with van der Waals surface area (Å²) < 4.78 is 43.1. The normalized spacial score (nSPS) is 11.3. The van der Waals surface area contributed by atoms with Crippen LogP contribution in [0.4, 0.5) is 13.2 Å². The van der Waals surface area contributed by atoms with Crippen molar-refractivity contribution in [1.82, 2.24) is 0 Å². The van der Waals surface area contributed by atoms with Gasteiger partial charge in [-0.3, -0.25) is 0 Å². The highest BCUT2D eigenvalue weighted by atomic mass is 19.4. The van der Waals surface area contributed by atoms with E-state index in [2.05, 4.69) is 0 Å². The van der Waals surface area contributed by atoms with Crippen LogP contribution in [0.3, 0.4) is 0 Å². The zero-order valence-electron chi connectivity index (χ0n) is 11.6. The number of benzene rings is 2. The lowest BCUT2D eigenvalue weighted by molar-refractivity contribution is -0.255. The minimum atomic E-state index is -4.40. The van der Waals surface area contributed by atoms with E-state index in [9.17, 15) is 23.1 Å². The van der Waals surface area contributed by atoms with Gasteiger partial charge in [-0.05, 0) is 36.8 Å². The Kier molecular flexibility index (Phi) is 4.40. The van der Waals surface area contributed by atoms with Crippen molar-refractivity contribution < 1.29 is 27.8 Å². The summed E-state index contributed by atoms with van der Waals surface area (Å²) in [5, 5.41) is 10.9. The Morgan fingerprint density at radius 1 is 1.14 bits per heavy atom. The summed E-state index contributed by atoms with van der Waals surface area (Å²) in [4.78, 5) is 10.9. The molecule has 0 radical (unpaired) electrons. The monoisotopic (exact) mass is 309 g/mol. The molecule has 0 saturated carbocycles. The summed E-state index contributed by atoms with van der Waals surface area (Å²) in [7, 11) is 0. The maximum Gasteiger partial charge on any atom is 0.416 e. The Morgan fingerprint density at radius 3 is 2.27 bits per heavy atom. The first-order chi connectivity index (χ1) is 10.3. The molecule has 6 heteroatoms. The largest absolute Gasteiger partial charge is 0.545 e. The van der Waals surface area contributed by atoms with E-state index in [1.165, 1.54) is 30.3 Å². The second kappa shape index (κ2) is 6.09. The molecule has 0 bridgehead atoms. The summed E-state index contributed by atoms with van der Waals surface area (Å²) in [6.45, 7) is 2.02. The molecule has 0 saturated heterocycles. The van der Waals surface area contributed by atoms with Crippen LogP contribution in [0.5, 0.6) is 5.75 Å². The summed E-state index contributed by atoms with van der Waals surface area (Å²) in [5.74, 6) is -1.07. The van der Waals surface area contributed by atoms with Gasteiger partial charge in [-0.2, -0.15) is 13.2 Å². The van der Waals surface area contributed by atoms with E-state index < -0.39 is 17.7 Å². The van der Waals surface area contributed by atoms with Gasteiger partial charge in [-0.25, -0.2) is 0 Å². The Morgan fingerprint density at radius 2 is 1.77 bits per heavy atom. The lowest BCUT2D eigenvalue weighted by Crippen LogP contribution is -2.22. The van der Waals surface area contributed by atoms with Crippen LogP contribution < -0.4 is 9.84 Å². The number of ether oxygens (including phenoxy) is 1. The third-order valence-electron chi connectivity index (χ3n) is 3.04. The van der Waals surface area contributed by atoms with E-state index in [4.69, 9.17) is 4.74 Å². The van der Waals surface area contributed by atoms with Gasteiger partial charge in [0.25, 0.3) is 0 Å². The average Bonchev–Trinajstić information content (AvgIpc) is 2.47. The molecule has 0 N–H and O–H groups in total. The van der Waals surface area contributed by atoms with Gasteiger partial charge < -0.3 is 14.6 Å². The van der Waals surface area contributed by atoms with Crippen molar-refractivity contribution in [3.8, 4) is 16.9 Å². The molecule has 3 nitrogen and oxygen atoms in total. The summed E-state index contributed by atoms with van der Waals surface area (Å²) >= 11 is 0. The number of aromatic carboxylic acids is 1. The molecule has 2 rings (SSSR count). The molecule has 0 aliphatic heterocycles. The highest BCUT2D eigenvalue weighted by Gasteiger charge is 2.30. The van der Waals surface area contributed by atoms with E-state index in [0.717, 1.165) is 12.1 Å². The fraction of sp³-hybridized carbons (Fsp3) is 0.188. The van der Waals surface area contributed by atoms with Gasteiger partial charge in [0.05, 0.1) is 18.1 Å². The first-order valence-corrected chi connectivity index (χ1v) is 6.48. The fourth-order valence-corrected chi connectivity index (χ4v) is 2.00. The van der Waals surface area contributed by atoms with Gasteiger partial charge in [0, 0.05) is 11.1 Å². The highest BCUT2D eigenvalue weighted by Crippen LogP contribution is 2.34. The second-order valence-electron chi connectivity index (χ2n) is 4.51. The van der Waals surface area contributed by atoms with Gasteiger partial charge in [-0.1, -0.05) is 18.2 Å². The minimum absolute atomic E-state index is 0.0564. The number of carboxylic acid groups (broad SMARTS) is 1. The zero-order valence-corrected chi connectivity index (χ0v) is 11.6. The molecular weight excluding hydrogens is 297 g/mol. The van der Waals surface area contributed by atoms with Crippen LogP contribution in [0, 0.1) is 0 Å². The summed E-state index contributed by atoms with van der Waals surface area (Å²) in [6, 6.07) is 8.68. The van der Waals surface area contributed by atoms with Crippen molar-refractivity contribution in [3.05, 3.63) is 53.6 Å². The van der Waals surface area contributed by atoms with Crippen LogP contribution in [0.25, 0.3) is 11.1 Å². The molecule has 116 valence electrons.